The second-order valence-electron chi connectivity index (χ2n) is 7.78. The number of benzene rings is 1. The summed E-state index contributed by atoms with van der Waals surface area (Å²) < 4.78 is 98.0. The van der Waals surface area contributed by atoms with Crippen LogP contribution in [0.15, 0.2) is 29.4 Å². The summed E-state index contributed by atoms with van der Waals surface area (Å²) in [6.45, 7) is 3.87. The van der Waals surface area contributed by atoms with Crippen molar-refractivity contribution in [3.8, 4) is 5.75 Å². The van der Waals surface area contributed by atoms with Crippen LogP contribution in [0.1, 0.15) is 37.6 Å². The molecule has 0 fully saturated rings. The van der Waals surface area contributed by atoms with Crippen molar-refractivity contribution in [2.75, 3.05) is 7.11 Å². The lowest BCUT2D eigenvalue weighted by molar-refractivity contribution is -0.336. The molecular weight excluding hydrogens is 425 g/mol. The fourth-order valence-electron chi connectivity index (χ4n) is 2.73. The summed E-state index contributed by atoms with van der Waals surface area (Å²) >= 11 is 0. The second kappa shape index (κ2) is 7.10. The molecular formula is C18H19F7N2O3. The van der Waals surface area contributed by atoms with Crippen LogP contribution in [0.4, 0.5) is 30.7 Å². The van der Waals surface area contributed by atoms with E-state index in [9.17, 15) is 40.6 Å². The first-order valence-corrected chi connectivity index (χ1v) is 8.51. The van der Waals surface area contributed by atoms with Gasteiger partial charge in [-0.15, -0.1) is 0 Å². The molecule has 1 aromatic carbocycles. The van der Waals surface area contributed by atoms with Gasteiger partial charge in [0, 0.05) is 17.4 Å². The zero-order chi connectivity index (χ0) is 23.3. The van der Waals surface area contributed by atoms with Crippen LogP contribution in [0.3, 0.4) is 0 Å². The van der Waals surface area contributed by atoms with Crippen molar-refractivity contribution in [3.63, 3.8) is 0 Å². The predicted molar refractivity (Wildman–Crippen MR) is 91.6 cm³/mol. The topological polar surface area (TPSA) is 62.1 Å². The van der Waals surface area contributed by atoms with Crippen LogP contribution in [0.25, 0.3) is 0 Å². The highest BCUT2D eigenvalue weighted by Crippen LogP contribution is 2.51. The number of carbonyl (C=O) groups is 1. The van der Waals surface area contributed by atoms with Crippen molar-refractivity contribution < 1.29 is 45.4 Å². The number of amides is 1. The highest BCUT2D eigenvalue weighted by atomic mass is 19.4. The number of alkyl halides is 7. The zero-order valence-corrected chi connectivity index (χ0v) is 16.3. The molecule has 1 aliphatic rings. The lowest BCUT2D eigenvalue weighted by Gasteiger charge is -2.41. The van der Waals surface area contributed by atoms with E-state index in [0.717, 1.165) is 0 Å². The number of hydrazone groups is 1. The van der Waals surface area contributed by atoms with E-state index < -0.39 is 47.2 Å². The average Bonchev–Trinajstić information content (AvgIpc) is 2.99. The molecule has 0 bridgehead atoms. The fourth-order valence-corrected chi connectivity index (χ4v) is 2.73. The summed E-state index contributed by atoms with van der Waals surface area (Å²) in [5.74, 6) is -13.1. The molecule has 168 valence electrons. The van der Waals surface area contributed by atoms with Crippen LogP contribution in [0, 0.1) is 5.41 Å². The Bertz CT molecular complexity index is 845. The normalized spacial score (nSPS) is 20.9. The van der Waals surface area contributed by atoms with Crippen LogP contribution < -0.4 is 4.74 Å². The largest absolute Gasteiger partial charge is 0.497 e. The standard InChI is InChI=1S/C18H19F7N2O3/c1-14(2,3)15(29)9-12(16(19,20)17(21,22)18(23,24)25)26-27(15)13(28)10-5-7-11(30-4)8-6-10/h5-8,29H,9H2,1-4H3/t15-/m0/s1. The van der Waals surface area contributed by atoms with Gasteiger partial charge in [-0.25, -0.2) is 0 Å². The summed E-state index contributed by atoms with van der Waals surface area (Å²) in [6.07, 6.45) is -7.98. The molecule has 1 N–H and O–H groups in total. The molecule has 30 heavy (non-hydrogen) atoms. The first kappa shape index (κ1) is 23.9. The molecule has 0 radical (unpaired) electrons. The van der Waals surface area contributed by atoms with E-state index in [2.05, 4.69) is 5.10 Å². The van der Waals surface area contributed by atoms with E-state index in [1.54, 1.807) is 0 Å². The number of nitrogens with zero attached hydrogens (tertiary/aromatic N) is 2. The van der Waals surface area contributed by atoms with E-state index in [0.29, 0.717) is 5.75 Å². The van der Waals surface area contributed by atoms with Gasteiger partial charge >= 0.3 is 18.0 Å². The van der Waals surface area contributed by atoms with E-state index in [4.69, 9.17) is 4.74 Å². The van der Waals surface area contributed by atoms with Crippen molar-refractivity contribution >= 4 is 11.6 Å². The van der Waals surface area contributed by atoms with E-state index in [1.807, 2.05) is 0 Å². The molecule has 0 aliphatic carbocycles. The Morgan fingerprint density at radius 1 is 1.07 bits per heavy atom. The van der Waals surface area contributed by atoms with E-state index in [-0.39, 0.29) is 10.6 Å². The van der Waals surface area contributed by atoms with Crippen molar-refractivity contribution in [1.82, 2.24) is 5.01 Å². The minimum atomic E-state index is -6.58. The minimum Gasteiger partial charge on any atom is -0.497 e. The first-order chi connectivity index (χ1) is 13.4. The highest BCUT2D eigenvalue weighted by molar-refractivity contribution is 6.00. The molecule has 1 heterocycles. The maximum atomic E-state index is 14.2. The molecule has 1 atom stereocenters. The molecule has 0 saturated carbocycles. The Labute approximate surface area is 167 Å². The van der Waals surface area contributed by atoms with Crippen LogP contribution in [0.2, 0.25) is 0 Å². The zero-order valence-electron chi connectivity index (χ0n) is 16.3. The van der Waals surface area contributed by atoms with Crippen LogP contribution in [0.5, 0.6) is 5.75 Å². The van der Waals surface area contributed by atoms with Gasteiger partial charge in [0.05, 0.1) is 7.11 Å². The van der Waals surface area contributed by atoms with Crippen molar-refractivity contribution in [2.24, 2.45) is 10.5 Å². The van der Waals surface area contributed by atoms with Crippen LogP contribution >= 0.6 is 0 Å². The number of ether oxygens (including phenoxy) is 1. The number of carbonyl (C=O) groups excluding carboxylic acids is 1. The van der Waals surface area contributed by atoms with Crippen molar-refractivity contribution in [1.29, 1.82) is 0 Å². The molecule has 0 aromatic heterocycles. The Kier molecular flexibility index (Phi) is 5.66. The molecule has 1 amide bonds. The van der Waals surface area contributed by atoms with Gasteiger partial charge in [-0.1, -0.05) is 20.8 Å². The van der Waals surface area contributed by atoms with Gasteiger partial charge in [0.15, 0.2) is 5.72 Å². The van der Waals surface area contributed by atoms with Gasteiger partial charge in [-0.2, -0.15) is 40.8 Å². The Morgan fingerprint density at radius 3 is 1.97 bits per heavy atom. The highest BCUT2D eigenvalue weighted by Gasteiger charge is 2.76. The summed E-state index contributed by atoms with van der Waals surface area (Å²) in [5, 5.41) is 14.1. The minimum absolute atomic E-state index is 0.129. The molecule has 5 nitrogen and oxygen atoms in total. The van der Waals surface area contributed by atoms with Crippen molar-refractivity contribution in [3.05, 3.63) is 29.8 Å². The van der Waals surface area contributed by atoms with Gasteiger partial charge in [0.1, 0.15) is 11.5 Å². The van der Waals surface area contributed by atoms with Gasteiger partial charge in [-0.05, 0) is 24.3 Å². The third-order valence-electron chi connectivity index (χ3n) is 4.83. The maximum absolute atomic E-state index is 14.2. The van der Waals surface area contributed by atoms with Gasteiger partial charge in [0.2, 0.25) is 0 Å². The number of aliphatic hydroxyl groups is 1. The summed E-state index contributed by atoms with van der Waals surface area (Å²) in [6, 6.07) is 5.05. The third-order valence-corrected chi connectivity index (χ3v) is 4.83. The Hall–Kier alpha value is -2.37. The second-order valence-corrected chi connectivity index (χ2v) is 7.78. The molecule has 1 aliphatic heterocycles. The summed E-state index contributed by atoms with van der Waals surface area (Å²) in [5.41, 5.74) is -6.17. The molecule has 0 unspecified atom stereocenters. The van der Waals surface area contributed by atoms with Gasteiger partial charge in [0.25, 0.3) is 5.91 Å². The average molecular weight is 444 g/mol. The molecule has 0 spiro atoms. The van der Waals surface area contributed by atoms with Crippen molar-refractivity contribution in [2.45, 2.75) is 50.9 Å². The maximum Gasteiger partial charge on any atom is 0.460 e. The SMILES string of the molecule is COc1ccc(C(=O)N2N=C(C(F)(F)C(F)(F)C(F)(F)F)C[C@]2(O)C(C)(C)C)cc1. The Morgan fingerprint density at radius 2 is 1.57 bits per heavy atom. The monoisotopic (exact) mass is 444 g/mol. The number of halogens is 7. The predicted octanol–water partition coefficient (Wildman–Crippen LogP) is 4.46. The molecule has 2 rings (SSSR count). The number of rotatable bonds is 4. The molecule has 12 heteroatoms. The van der Waals surface area contributed by atoms with Gasteiger partial charge < -0.3 is 9.84 Å². The van der Waals surface area contributed by atoms with E-state index >= 15 is 0 Å². The Balaban J connectivity index is 2.57. The lowest BCUT2D eigenvalue weighted by Crippen LogP contribution is -2.58. The number of methoxy groups -OCH3 is 1. The first-order valence-electron chi connectivity index (χ1n) is 8.51. The fraction of sp³-hybridized carbons (Fsp3) is 0.556. The van der Waals surface area contributed by atoms with Crippen LogP contribution in [-0.4, -0.2) is 52.6 Å². The van der Waals surface area contributed by atoms with Crippen LogP contribution in [-0.2, 0) is 0 Å². The quantitative estimate of drug-likeness (QED) is 0.698. The van der Waals surface area contributed by atoms with Gasteiger partial charge in [-0.3, -0.25) is 4.79 Å². The van der Waals surface area contributed by atoms with E-state index in [1.165, 1.54) is 52.1 Å². The molecule has 0 saturated heterocycles. The lowest BCUT2D eigenvalue weighted by atomic mass is 9.79. The molecule has 1 aromatic rings. The summed E-state index contributed by atoms with van der Waals surface area (Å²) in [7, 11) is 1.34. The number of hydrogen-bond donors (Lipinski definition) is 1. The number of hydrogen-bond acceptors (Lipinski definition) is 4. The summed E-state index contributed by atoms with van der Waals surface area (Å²) in [4.78, 5) is 12.8. The third kappa shape index (κ3) is 3.61. The smallest absolute Gasteiger partial charge is 0.460 e.